The molecule has 6 heteroatoms. The summed E-state index contributed by atoms with van der Waals surface area (Å²) in [5.74, 6) is -1.37. The van der Waals surface area contributed by atoms with Crippen molar-refractivity contribution in [3.63, 3.8) is 0 Å². The molecule has 0 bridgehead atoms. The Bertz CT molecular complexity index is 919. The van der Waals surface area contributed by atoms with E-state index in [4.69, 9.17) is 9.47 Å². The average molecular weight is 408 g/mol. The smallest absolute Gasteiger partial charge is 0.410 e. The van der Waals surface area contributed by atoms with Gasteiger partial charge in [0.25, 0.3) is 0 Å². The zero-order chi connectivity index (χ0) is 21.5. The highest BCUT2D eigenvalue weighted by molar-refractivity contribution is 5.81. The molecule has 2 aromatic carbocycles. The molecule has 0 aromatic heterocycles. The number of hydrogen-bond acceptors (Lipinski definition) is 5. The second kappa shape index (κ2) is 7.76. The number of carbonyl (C=O) groups is 2. The number of nitrogens with zero attached hydrogens (tertiary/aromatic N) is 1. The van der Waals surface area contributed by atoms with Crippen molar-refractivity contribution in [1.29, 1.82) is 0 Å². The third kappa shape index (κ3) is 3.92. The van der Waals surface area contributed by atoms with Crippen molar-refractivity contribution in [2.45, 2.75) is 50.9 Å². The highest BCUT2D eigenvalue weighted by Gasteiger charge is 2.40. The van der Waals surface area contributed by atoms with E-state index in [9.17, 15) is 14.7 Å². The fourth-order valence-electron chi connectivity index (χ4n) is 4.48. The number of ether oxygens (including phenoxy) is 2. The Kier molecular flexibility index (Phi) is 5.28. The van der Waals surface area contributed by atoms with Crippen LogP contribution in [0.15, 0.2) is 48.5 Å². The van der Waals surface area contributed by atoms with Crippen LogP contribution < -0.4 is 5.11 Å². The fraction of sp³-hybridized carbons (Fsp3) is 0.417. The van der Waals surface area contributed by atoms with Gasteiger partial charge in [-0.15, -0.1) is 0 Å². The van der Waals surface area contributed by atoms with E-state index in [0.717, 1.165) is 22.3 Å². The minimum atomic E-state index is -1.29. The Morgan fingerprint density at radius 2 is 1.60 bits per heavy atom. The van der Waals surface area contributed by atoms with Gasteiger partial charge in [0.1, 0.15) is 6.61 Å². The third-order valence-electron chi connectivity index (χ3n) is 5.63. The first kappa shape index (κ1) is 20.4. The zero-order valence-electron chi connectivity index (χ0n) is 17.5. The number of amides is 1. The minimum absolute atomic E-state index is 0.0769. The highest BCUT2D eigenvalue weighted by Crippen LogP contribution is 2.44. The Morgan fingerprint density at radius 3 is 2.13 bits per heavy atom. The van der Waals surface area contributed by atoms with Gasteiger partial charge in [-0.05, 0) is 43.0 Å². The molecule has 1 heterocycles. The van der Waals surface area contributed by atoms with Crippen LogP contribution in [0.25, 0.3) is 11.1 Å². The molecule has 1 aliphatic heterocycles. The normalized spacial score (nSPS) is 20.7. The van der Waals surface area contributed by atoms with E-state index in [0.29, 0.717) is 0 Å². The van der Waals surface area contributed by atoms with E-state index in [2.05, 4.69) is 12.1 Å². The number of carboxylic acids is 1. The van der Waals surface area contributed by atoms with Gasteiger partial charge < -0.3 is 19.4 Å². The molecule has 1 fully saturated rings. The number of carboxylic acid groups (broad SMARTS) is 1. The molecule has 4 rings (SSSR count). The molecule has 2 atom stereocenters. The second-order valence-corrected chi connectivity index (χ2v) is 8.88. The van der Waals surface area contributed by atoms with Crippen LogP contribution in [0.2, 0.25) is 0 Å². The van der Waals surface area contributed by atoms with Crippen molar-refractivity contribution in [3.8, 4) is 11.1 Å². The topological polar surface area (TPSA) is 78.9 Å². The number of rotatable bonds is 4. The Hall–Kier alpha value is -2.86. The van der Waals surface area contributed by atoms with Crippen LogP contribution in [0.3, 0.4) is 0 Å². The van der Waals surface area contributed by atoms with Gasteiger partial charge in [0.15, 0.2) is 0 Å². The number of fused-ring (bicyclic) bond motifs is 3. The summed E-state index contributed by atoms with van der Waals surface area (Å²) in [4.78, 5) is 25.6. The maximum Gasteiger partial charge on any atom is 0.410 e. The van der Waals surface area contributed by atoms with Gasteiger partial charge in [0.05, 0.1) is 30.3 Å². The highest BCUT2D eigenvalue weighted by atomic mass is 16.6. The Morgan fingerprint density at radius 1 is 1.03 bits per heavy atom. The number of hydrogen-bond donors (Lipinski definition) is 0. The predicted octanol–water partition coefficient (Wildman–Crippen LogP) is 2.94. The third-order valence-corrected chi connectivity index (χ3v) is 5.63. The van der Waals surface area contributed by atoms with Crippen molar-refractivity contribution >= 4 is 12.1 Å². The first-order valence-corrected chi connectivity index (χ1v) is 10.2. The number of carbonyl (C=O) groups excluding carboxylic acids is 2. The monoisotopic (exact) mass is 408 g/mol. The molecule has 6 nitrogen and oxygen atoms in total. The van der Waals surface area contributed by atoms with Gasteiger partial charge in [0.2, 0.25) is 0 Å². The zero-order valence-corrected chi connectivity index (χ0v) is 17.5. The van der Waals surface area contributed by atoms with Crippen LogP contribution >= 0.6 is 0 Å². The van der Waals surface area contributed by atoms with Crippen LogP contribution in [0.5, 0.6) is 0 Å². The molecule has 0 spiro atoms. The Balaban J connectivity index is 1.48. The fourth-order valence-corrected chi connectivity index (χ4v) is 4.48. The van der Waals surface area contributed by atoms with Crippen molar-refractivity contribution < 1.29 is 24.2 Å². The predicted molar refractivity (Wildman–Crippen MR) is 110 cm³/mol. The number of likely N-dealkylation sites (tertiary alicyclic amines) is 1. The van der Waals surface area contributed by atoms with Crippen LogP contribution in [-0.4, -0.2) is 47.9 Å². The maximum atomic E-state index is 12.8. The molecular formula is C24H26NO5-. The number of aliphatic carboxylic acids is 1. The molecule has 0 N–H and O–H groups in total. The molecule has 158 valence electrons. The van der Waals surface area contributed by atoms with Crippen LogP contribution in [0, 0.1) is 0 Å². The summed E-state index contributed by atoms with van der Waals surface area (Å²) in [6.07, 6.45) is -0.816. The molecular weight excluding hydrogens is 382 g/mol. The summed E-state index contributed by atoms with van der Waals surface area (Å²) in [6, 6.07) is 15.1. The van der Waals surface area contributed by atoms with E-state index < -0.39 is 23.7 Å². The van der Waals surface area contributed by atoms with Crippen molar-refractivity contribution in [1.82, 2.24) is 4.90 Å². The van der Waals surface area contributed by atoms with Gasteiger partial charge in [-0.1, -0.05) is 48.5 Å². The molecule has 0 unspecified atom stereocenters. The number of benzene rings is 2. The first-order chi connectivity index (χ1) is 14.2. The van der Waals surface area contributed by atoms with E-state index in [-0.39, 0.29) is 31.6 Å². The van der Waals surface area contributed by atoms with E-state index >= 15 is 0 Å². The molecule has 30 heavy (non-hydrogen) atoms. The lowest BCUT2D eigenvalue weighted by atomic mass is 9.98. The van der Waals surface area contributed by atoms with Crippen molar-refractivity contribution in [3.05, 3.63) is 59.7 Å². The van der Waals surface area contributed by atoms with Crippen LogP contribution in [0.1, 0.15) is 44.2 Å². The van der Waals surface area contributed by atoms with Gasteiger partial charge in [-0.25, -0.2) is 4.79 Å². The average Bonchev–Trinajstić information content (AvgIpc) is 3.24. The molecule has 1 amide bonds. The van der Waals surface area contributed by atoms with Crippen molar-refractivity contribution in [2.24, 2.45) is 0 Å². The molecule has 2 aliphatic rings. The summed E-state index contributed by atoms with van der Waals surface area (Å²) >= 11 is 0. The lowest BCUT2D eigenvalue weighted by molar-refractivity contribution is -0.310. The van der Waals surface area contributed by atoms with Gasteiger partial charge in [-0.3, -0.25) is 4.90 Å². The first-order valence-electron chi connectivity index (χ1n) is 10.2. The van der Waals surface area contributed by atoms with E-state index in [1.807, 2.05) is 57.2 Å². The lowest BCUT2D eigenvalue weighted by Crippen LogP contribution is -2.47. The molecule has 0 saturated carbocycles. The molecule has 1 saturated heterocycles. The standard InChI is InChI=1S/C24H27NO5/c1-24(2,3)30-15-12-21(22(26)27)25(13-15)23(28)29-14-20-18-10-6-4-8-16(18)17-9-5-7-11-19(17)20/h4-11,15,20-21H,12-14H2,1-3H3,(H,26,27)/p-1/t15-,21-/m1/s1. The van der Waals surface area contributed by atoms with E-state index in [1.54, 1.807) is 0 Å². The molecule has 2 aromatic rings. The van der Waals surface area contributed by atoms with Gasteiger partial charge in [0, 0.05) is 12.3 Å². The lowest BCUT2D eigenvalue weighted by Gasteiger charge is -2.26. The largest absolute Gasteiger partial charge is 0.548 e. The van der Waals surface area contributed by atoms with Crippen LogP contribution in [0.4, 0.5) is 4.79 Å². The summed E-state index contributed by atoms with van der Waals surface area (Å²) < 4.78 is 11.5. The second-order valence-electron chi connectivity index (χ2n) is 8.88. The van der Waals surface area contributed by atoms with Crippen LogP contribution in [-0.2, 0) is 14.3 Å². The summed E-state index contributed by atoms with van der Waals surface area (Å²) in [5, 5.41) is 11.6. The molecule has 1 aliphatic carbocycles. The summed E-state index contributed by atoms with van der Waals surface area (Å²) in [6.45, 7) is 6.02. The molecule has 0 radical (unpaired) electrons. The van der Waals surface area contributed by atoms with Crippen molar-refractivity contribution in [2.75, 3.05) is 13.2 Å². The maximum absolute atomic E-state index is 12.8. The minimum Gasteiger partial charge on any atom is -0.548 e. The summed E-state index contributed by atoms with van der Waals surface area (Å²) in [7, 11) is 0. The van der Waals surface area contributed by atoms with Gasteiger partial charge in [-0.2, -0.15) is 0 Å². The Labute approximate surface area is 176 Å². The SMILES string of the molecule is CC(C)(C)O[C@@H]1C[C@H](C(=O)[O-])N(C(=O)OCC2c3ccccc3-c3ccccc32)C1. The quantitative estimate of drug-likeness (QED) is 0.777. The summed E-state index contributed by atoms with van der Waals surface area (Å²) in [5.41, 5.74) is 4.07. The van der Waals surface area contributed by atoms with Gasteiger partial charge >= 0.3 is 6.09 Å². The van der Waals surface area contributed by atoms with E-state index in [1.165, 1.54) is 4.90 Å².